The van der Waals surface area contributed by atoms with Gasteiger partial charge < -0.3 is 0 Å². The van der Waals surface area contributed by atoms with Crippen LogP contribution in [0.5, 0.6) is 0 Å². The van der Waals surface area contributed by atoms with Crippen molar-refractivity contribution >= 4 is 0 Å². The van der Waals surface area contributed by atoms with Crippen molar-refractivity contribution in [2.45, 2.75) is 0 Å². The molecule has 0 saturated heterocycles. The number of rotatable bonds is 0. The molecule has 1 aliphatic rings. The van der Waals surface area contributed by atoms with Gasteiger partial charge >= 0.3 is 22.6 Å². The molecule has 0 bridgehead atoms. The Balaban J connectivity index is -0.0000000406. The van der Waals surface area contributed by atoms with Crippen LogP contribution < -0.4 is 0 Å². The zero-order valence-corrected chi connectivity index (χ0v) is 7.42. The van der Waals surface area contributed by atoms with E-state index >= 15 is 0 Å². The average Bonchev–Trinajstić information content (AvgIpc) is 2.71. The minimum absolute atomic E-state index is 0. The Morgan fingerprint density at radius 2 is 1.00 bits per heavy atom. The number of hydrogen-bond donors (Lipinski definition) is 0. The second-order valence-electron chi connectivity index (χ2n) is 0.962. The van der Waals surface area contributed by atoms with E-state index in [1.165, 1.54) is 0 Å². The third-order valence-corrected chi connectivity index (χ3v) is 0.556. The molecule has 0 saturated carbocycles. The van der Waals surface area contributed by atoms with Gasteiger partial charge in [-0.1, -0.05) is 24.3 Å². The van der Waals surface area contributed by atoms with Crippen LogP contribution in [0.3, 0.4) is 0 Å². The monoisotopic (exact) mass is 202 g/mol. The van der Waals surface area contributed by atoms with Crippen LogP contribution in [0.15, 0.2) is 24.3 Å². The van der Waals surface area contributed by atoms with E-state index in [4.69, 9.17) is 9.30 Å². The Morgan fingerprint density at radius 1 is 0.750 bits per heavy atom. The molecule has 0 aromatic rings. The summed E-state index contributed by atoms with van der Waals surface area (Å²) in [5.41, 5.74) is 0. The molecule has 0 aromatic carbocycles. The topological polar surface area (TPSA) is 39.8 Å². The second-order valence-corrected chi connectivity index (χ2v) is 0.962. The third-order valence-electron chi connectivity index (χ3n) is 0.556. The molecule has 12 heavy (non-hydrogen) atoms. The minimum atomic E-state index is 0. The van der Waals surface area contributed by atoms with Gasteiger partial charge in [-0.3, -0.25) is 0 Å². The van der Waals surface area contributed by atoms with Crippen LogP contribution in [-0.2, 0) is 26.4 Å². The predicted molar refractivity (Wildman–Crippen MR) is 40.3 cm³/mol. The molecule has 2 nitrogen and oxygen atoms in total. The number of terminal acetylenes is 1. The predicted octanol–water partition coefficient (Wildman–Crippen LogP) is 1.49. The number of allylic oxidation sites excluding steroid dienone is 4. The Morgan fingerprint density at radius 3 is 1.08 bits per heavy atom. The molecular weight excluding hydrogens is 195 g/mol. The van der Waals surface area contributed by atoms with Gasteiger partial charge in [0.15, 0.2) is 0 Å². The Hall–Kier alpha value is -0.961. The average molecular weight is 202 g/mol. The van der Waals surface area contributed by atoms with Crippen molar-refractivity contribution in [3.8, 4) is 12.8 Å². The molecule has 1 aliphatic carbocycles. The van der Waals surface area contributed by atoms with Crippen LogP contribution in [0.1, 0.15) is 0 Å². The molecular formula is C9H7MnO2. The first-order chi connectivity index (χ1) is 5.50. The summed E-state index contributed by atoms with van der Waals surface area (Å²) in [6.07, 6.45) is 18.0. The molecule has 0 unspecified atom stereocenters. The molecule has 0 amide bonds. The first kappa shape index (κ1) is 22.5. The Bertz CT molecular complexity index is 139. The minimum Gasteiger partial charge on any atom is -0.0767 e. The summed E-state index contributed by atoms with van der Waals surface area (Å²) in [7, 11) is 0. The summed E-state index contributed by atoms with van der Waals surface area (Å²) in [6.45, 7) is 9.00. The summed E-state index contributed by atoms with van der Waals surface area (Å²) in [5.74, 6) is 0. The molecule has 62 valence electrons. The summed E-state index contributed by atoms with van der Waals surface area (Å²) in [5, 5.41) is 0. The molecule has 0 heterocycles. The van der Waals surface area contributed by atoms with Crippen molar-refractivity contribution in [2.24, 2.45) is 0 Å². The van der Waals surface area contributed by atoms with Crippen molar-refractivity contribution in [1.29, 1.82) is 0 Å². The maximum atomic E-state index is 7.50. The second kappa shape index (κ2) is 50.3. The van der Waals surface area contributed by atoms with Crippen LogP contribution in [-0.4, -0.2) is 0 Å². The van der Waals surface area contributed by atoms with E-state index in [0.717, 1.165) is 0 Å². The van der Waals surface area contributed by atoms with Crippen molar-refractivity contribution in [3.05, 3.63) is 44.0 Å². The Kier molecular flexibility index (Phi) is 94.1. The van der Waals surface area contributed by atoms with Gasteiger partial charge in [0.2, 0.25) is 0 Å². The van der Waals surface area contributed by atoms with Gasteiger partial charge in [-0.15, -0.1) is 12.8 Å². The van der Waals surface area contributed by atoms with Crippen LogP contribution in [0.2, 0.25) is 0 Å². The van der Waals surface area contributed by atoms with E-state index in [9.17, 15) is 0 Å². The summed E-state index contributed by atoms with van der Waals surface area (Å²) in [6, 6.07) is 0. The van der Waals surface area contributed by atoms with E-state index in [-0.39, 0.29) is 17.1 Å². The molecule has 3 heteroatoms. The molecule has 0 spiro atoms. The third kappa shape index (κ3) is 35.8. The van der Waals surface area contributed by atoms with E-state index in [0.29, 0.717) is 0 Å². The van der Waals surface area contributed by atoms with Crippen molar-refractivity contribution in [3.63, 3.8) is 0 Å². The fourth-order valence-corrected chi connectivity index (χ4v) is 0.321. The van der Waals surface area contributed by atoms with Crippen LogP contribution in [0.25, 0.3) is 0 Å². The van der Waals surface area contributed by atoms with Gasteiger partial charge in [-0.25, -0.2) is 0 Å². The van der Waals surface area contributed by atoms with E-state index in [1.807, 2.05) is 30.7 Å². The van der Waals surface area contributed by atoms with Crippen molar-refractivity contribution in [2.75, 3.05) is 0 Å². The van der Waals surface area contributed by atoms with Crippen molar-refractivity contribution < 1.29 is 26.4 Å². The van der Waals surface area contributed by atoms with Crippen molar-refractivity contribution in [1.82, 2.24) is 0 Å². The first-order valence-electron chi connectivity index (χ1n) is 2.41. The SMILES string of the molecule is C#C.[C-]#[O+].[C-]#[O+].[CH]1C=CC=C1.[Mn]. The first-order valence-corrected chi connectivity index (χ1v) is 2.41. The number of hydrogen-bond acceptors (Lipinski definition) is 0. The fraction of sp³-hybridized carbons (Fsp3) is 0. The Labute approximate surface area is 83.6 Å². The summed E-state index contributed by atoms with van der Waals surface area (Å²) >= 11 is 0. The van der Waals surface area contributed by atoms with Gasteiger partial charge in [0.1, 0.15) is 0 Å². The van der Waals surface area contributed by atoms with Gasteiger partial charge in [0, 0.05) is 23.5 Å². The molecule has 2 radical (unpaired) electrons. The fourth-order valence-electron chi connectivity index (χ4n) is 0.321. The van der Waals surface area contributed by atoms with Crippen LogP contribution in [0.4, 0.5) is 0 Å². The molecule has 0 aromatic heterocycles. The van der Waals surface area contributed by atoms with Gasteiger partial charge in [-0.05, 0) is 0 Å². The van der Waals surface area contributed by atoms with Gasteiger partial charge in [0.25, 0.3) is 0 Å². The molecule has 0 aliphatic heterocycles. The smallest absolute Gasteiger partial charge is 0.00506 e. The normalized spacial score (nSPS) is 7.83. The van der Waals surface area contributed by atoms with E-state index in [2.05, 4.69) is 26.1 Å². The molecule has 0 N–H and O–H groups in total. The van der Waals surface area contributed by atoms with Gasteiger partial charge in [-0.2, -0.15) is 0 Å². The van der Waals surface area contributed by atoms with E-state index < -0.39 is 0 Å². The van der Waals surface area contributed by atoms with Crippen LogP contribution >= 0.6 is 0 Å². The van der Waals surface area contributed by atoms with Gasteiger partial charge in [0.05, 0.1) is 0 Å². The standard InChI is InChI=1S/C5H5.C2H2.2CO.Mn/c1-2-4-5-3-1;3*1-2;/h1-5H;1-2H;;;. The maximum Gasteiger partial charge on any atom is 0.00506 e. The maximum absolute atomic E-state index is 7.50. The summed E-state index contributed by atoms with van der Waals surface area (Å²) in [4.78, 5) is 0. The summed E-state index contributed by atoms with van der Waals surface area (Å²) < 4.78 is 15.0. The quantitative estimate of drug-likeness (QED) is 0.247. The zero-order chi connectivity index (χ0) is 9.54. The zero-order valence-electron chi connectivity index (χ0n) is 6.24. The largest absolute Gasteiger partial charge is 0.0767 e. The van der Waals surface area contributed by atoms with E-state index in [1.54, 1.807) is 0 Å². The van der Waals surface area contributed by atoms with Crippen LogP contribution in [0, 0.1) is 32.6 Å². The molecule has 0 fully saturated rings. The molecule has 0 atom stereocenters. The molecule has 1 rings (SSSR count).